The van der Waals surface area contributed by atoms with E-state index in [1.54, 1.807) is 23.1 Å². The van der Waals surface area contributed by atoms with Crippen molar-refractivity contribution in [2.45, 2.75) is 89.7 Å². The van der Waals surface area contributed by atoms with E-state index in [0.29, 0.717) is 61.3 Å². The molecule has 0 aromatic heterocycles. The van der Waals surface area contributed by atoms with Gasteiger partial charge in [-0.25, -0.2) is 9.59 Å². The van der Waals surface area contributed by atoms with Gasteiger partial charge in [-0.05, 0) is 98.4 Å². The van der Waals surface area contributed by atoms with Crippen LogP contribution >= 0.6 is 0 Å². The first-order chi connectivity index (χ1) is 31.8. The largest absolute Gasteiger partial charge is 0.459 e. The van der Waals surface area contributed by atoms with Gasteiger partial charge in [-0.2, -0.15) is 0 Å². The van der Waals surface area contributed by atoms with Gasteiger partial charge in [0.05, 0.1) is 31.5 Å². The normalized spacial score (nSPS) is 23.0. The second kappa shape index (κ2) is 23.0. The Morgan fingerprint density at radius 2 is 1.72 bits per heavy atom. The number of carbonyl (C=O) groups is 2. The molecule has 2 aliphatic carbocycles. The number of benzene rings is 3. The Labute approximate surface area is 381 Å². The van der Waals surface area contributed by atoms with Gasteiger partial charge in [0.15, 0.2) is 11.5 Å². The molecule has 2 amide bonds. The molecule has 7 rings (SSSR count). The number of fused-ring (bicyclic) bond motifs is 3. The van der Waals surface area contributed by atoms with E-state index in [9.17, 15) is 19.8 Å². The number of rotatable bonds is 23. The van der Waals surface area contributed by atoms with E-state index >= 15 is 0 Å². The topological polar surface area (TPSA) is 176 Å². The van der Waals surface area contributed by atoms with E-state index in [2.05, 4.69) is 18.0 Å². The van der Waals surface area contributed by atoms with Crippen molar-refractivity contribution in [1.29, 1.82) is 0 Å². The number of hydrogen-bond acceptors (Lipinski definition) is 13. The lowest BCUT2D eigenvalue weighted by Crippen LogP contribution is -2.70. The zero-order valence-corrected chi connectivity index (χ0v) is 37.5. The molecule has 0 radical (unpaired) electrons. The molecule has 0 unspecified atom stereocenters. The number of oxime groups is 1. The van der Waals surface area contributed by atoms with E-state index in [1.165, 1.54) is 0 Å². The summed E-state index contributed by atoms with van der Waals surface area (Å²) in [6.45, 7) is 9.29. The minimum Gasteiger partial charge on any atom is -0.459 e. The molecule has 350 valence electrons. The fraction of sp³-hybridized carbons (Fsp3) is 0.500. The minimum atomic E-state index is -1.55. The predicted octanol–water partition coefficient (Wildman–Crippen LogP) is 8.03. The van der Waals surface area contributed by atoms with Crippen LogP contribution in [0, 0.1) is 17.8 Å². The minimum absolute atomic E-state index is 0.0153. The molecule has 3 N–H and O–H groups in total. The maximum atomic E-state index is 14.9. The van der Waals surface area contributed by atoms with Crippen molar-refractivity contribution in [3.8, 4) is 23.0 Å². The van der Waals surface area contributed by atoms with Gasteiger partial charge in [-0.3, -0.25) is 4.90 Å². The summed E-state index contributed by atoms with van der Waals surface area (Å²) in [6.07, 6.45) is 7.22. The molecular weight excluding hydrogens is 835 g/mol. The van der Waals surface area contributed by atoms with E-state index in [0.717, 1.165) is 47.9 Å². The summed E-state index contributed by atoms with van der Waals surface area (Å²) in [5.74, 6) is -0.446. The fourth-order valence-electron chi connectivity index (χ4n) is 9.71. The van der Waals surface area contributed by atoms with Gasteiger partial charge in [0.2, 0.25) is 12.6 Å². The number of aliphatic hydroxyl groups is 2. The molecule has 3 aromatic carbocycles. The highest BCUT2D eigenvalue weighted by Gasteiger charge is 2.65. The Bertz CT molecular complexity index is 2130. The SMILES string of the molecule is C=CCO[C@@]12Oc3ccc(OC(=O)NCC)cc3[C@H]3[C@H](CCCCO)[C@@H](CCCCO)C=C(C(=NOCC)C[C@@H]1N(Cc1ccc4c(c1)OCO4)C(=O)OCCOCc1ccccc1)[C@H]32. The van der Waals surface area contributed by atoms with E-state index in [1.807, 2.05) is 68.4 Å². The quantitative estimate of drug-likeness (QED) is 0.0476. The number of unbranched alkanes of at least 4 members (excludes halogenated alkanes) is 2. The number of hydrogen-bond donors (Lipinski definition) is 3. The van der Waals surface area contributed by atoms with Crippen molar-refractivity contribution in [2.75, 3.05) is 53.0 Å². The molecule has 15 heteroatoms. The Balaban J connectivity index is 1.37. The molecule has 1 fully saturated rings. The van der Waals surface area contributed by atoms with Crippen LogP contribution in [0.15, 0.2) is 96.2 Å². The van der Waals surface area contributed by atoms with Gasteiger partial charge in [-0.15, -0.1) is 6.58 Å². The summed E-state index contributed by atoms with van der Waals surface area (Å²) >= 11 is 0. The van der Waals surface area contributed by atoms with Crippen molar-refractivity contribution in [2.24, 2.45) is 22.9 Å². The van der Waals surface area contributed by atoms with Crippen LogP contribution in [-0.2, 0) is 32.2 Å². The third kappa shape index (κ3) is 11.1. The van der Waals surface area contributed by atoms with Crippen LogP contribution in [0.25, 0.3) is 0 Å². The lowest BCUT2D eigenvalue weighted by Gasteiger charge is -2.59. The maximum absolute atomic E-state index is 14.9. The number of aliphatic hydroxyl groups excluding tert-OH is 2. The summed E-state index contributed by atoms with van der Waals surface area (Å²) < 4.78 is 43.6. The van der Waals surface area contributed by atoms with Gasteiger partial charge < -0.3 is 53.5 Å². The summed E-state index contributed by atoms with van der Waals surface area (Å²) in [6, 6.07) is 19.9. The molecule has 2 heterocycles. The van der Waals surface area contributed by atoms with Crippen molar-refractivity contribution in [1.82, 2.24) is 10.2 Å². The molecule has 0 bridgehead atoms. The Morgan fingerprint density at radius 1 is 0.938 bits per heavy atom. The van der Waals surface area contributed by atoms with E-state index in [-0.39, 0.29) is 70.5 Å². The summed E-state index contributed by atoms with van der Waals surface area (Å²) in [7, 11) is 0. The van der Waals surface area contributed by atoms with Crippen LogP contribution in [0.4, 0.5) is 9.59 Å². The molecule has 4 aliphatic rings. The van der Waals surface area contributed by atoms with Crippen molar-refractivity contribution in [3.05, 3.63) is 108 Å². The van der Waals surface area contributed by atoms with Gasteiger partial charge in [-0.1, -0.05) is 66.5 Å². The van der Waals surface area contributed by atoms with Crippen molar-refractivity contribution >= 4 is 17.9 Å². The van der Waals surface area contributed by atoms with Crippen LogP contribution in [0.1, 0.15) is 81.4 Å². The van der Waals surface area contributed by atoms with Crippen LogP contribution in [0.5, 0.6) is 23.0 Å². The molecule has 65 heavy (non-hydrogen) atoms. The molecular formula is C50H63N3O12. The first-order valence-electron chi connectivity index (χ1n) is 22.9. The third-order valence-electron chi connectivity index (χ3n) is 12.4. The van der Waals surface area contributed by atoms with Gasteiger partial charge in [0.1, 0.15) is 30.8 Å². The number of amides is 2. The average molecular weight is 898 g/mol. The monoisotopic (exact) mass is 897 g/mol. The zero-order valence-electron chi connectivity index (χ0n) is 37.5. The standard InChI is InChI=1S/C50H63N3O12/c1-4-24-62-50-45(53(31-35-18-20-43-44(27-35)61-33-60-43)49(57)59-26-25-58-32-34-14-8-7-9-15-34)30-41(52-63-6-3)39-28-36(16-10-12-22-54)38(17-11-13-23-55)46(47(39)50)40-29-37(19-21-42(40)65-50)64-48(56)51-5-2/h4,7-9,14-15,18-21,27-29,36,38,45-47,54-55H,1,5-6,10-13,16-17,22-26,30-33H2,2-3H3,(H,51,56)/t36-,38+,45-,46+,47+,50+/m0/s1. The number of ether oxygens (including phenoxy) is 7. The highest BCUT2D eigenvalue weighted by atomic mass is 16.7. The summed E-state index contributed by atoms with van der Waals surface area (Å²) in [4.78, 5) is 35.3. The zero-order chi connectivity index (χ0) is 45.6. The predicted molar refractivity (Wildman–Crippen MR) is 242 cm³/mol. The number of carbonyl (C=O) groups excluding carboxylic acids is 2. The average Bonchev–Trinajstić information content (AvgIpc) is 3.79. The highest BCUT2D eigenvalue weighted by Crippen LogP contribution is 2.62. The van der Waals surface area contributed by atoms with Gasteiger partial charge in [0, 0.05) is 44.2 Å². The van der Waals surface area contributed by atoms with Gasteiger partial charge in [0.25, 0.3) is 0 Å². The molecule has 2 aliphatic heterocycles. The van der Waals surface area contributed by atoms with Crippen LogP contribution in [0.3, 0.4) is 0 Å². The molecule has 15 nitrogen and oxygen atoms in total. The summed E-state index contributed by atoms with van der Waals surface area (Å²) in [5.41, 5.74) is 4.09. The first kappa shape index (κ1) is 47.4. The number of nitrogens with zero attached hydrogens (tertiary/aromatic N) is 2. The highest BCUT2D eigenvalue weighted by molar-refractivity contribution is 6.03. The van der Waals surface area contributed by atoms with E-state index in [4.69, 9.17) is 43.2 Å². The maximum Gasteiger partial charge on any atom is 0.412 e. The Kier molecular flexibility index (Phi) is 16.8. The smallest absolute Gasteiger partial charge is 0.412 e. The lowest BCUT2D eigenvalue weighted by molar-refractivity contribution is -0.256. The molecule has 1 saturated carbocycles. The number of allylic oxidation sites excluding steroid dienone is 1. The van der Waals surface area contributed by atoms with Crippen molar-refractivity contribution < 1.29 is 57.8 Å². The second-order valence-corrected chi connectivity index (χ2v) is 16.6. The number of nitrogens with one attached hydrogen (secondary N) is 1. The van der Waals surface area contributed by atoms with Crippen molar-refractivity contribution in [3.63, 3.8) is 0 Å². The summed E-state index contributed by atoms with van der Waals surface area (Å²) in [5, 5.41) is 27.4. The molecule has 0 saturated heterocycles. The second-order valence-electron chi connectivity index (χ2n) is 16.6. The molecule has 3 aromatic rings. The fourth-order valence-corrected chi connectivity index (χ4v) is 9.71. The Hall–Kier alpha value is -5.61. The first-order valence-corrected chi connectivity index (χ1v) is 22.9. The lowest BCUT2D eigenvalue weighted by atomic mass is 9.55. The van der Waals surface area contributed by atoms with E-state index < -0.39 is 29.9 Å². The Morgan fingerprint density at radius 3 is 2.49 bits per heavy atom. The van der Waals surface area contributed by atoms with Gasteiger partial charge >= 0.3 is 12.2 Å². The molecule has 6 atom stereocenters. The molecule has 0 spiro atoms. The third-order valence-corrected chi connectivity index (χ3v) is 12.4. The van der Waals surface area contributed by atoms with Crippen LogP contribution < -0.4 is 24.3 Å². The van der Waals surface area contributed by atoms with Crippen LogP contribution in [-0.4, -0.2) is 97.8 Å². The van der Waals surface area contributed by atoms with Crippen LogP contribution in [0.2, 0.25) is 0 Å².